The Morgan fingerprint density at radius 3 is 1.56 bits per heavy atom. The summed E-state index contributed by atoms with van der Waals surface area (Å²) in [6.45, 7) is 16.7. The number of ether oxygens (including phenoxy) is 2. The quantitative estimate of drug-likeness (QED) is 0.0663. The average Bonchev–Trinajstić information content (AvgIpc) is 2.39. The van der Waals surface area contributed by atoms with E-state index < -0.39 is 40.7 Å². The number of piperidine rings is 1. The molecule has 4 N–H and O–H groups in total. The Morgan fingerprint density at radius 2 is 1.11 bits per heavy atom. The molecule has 0 aliphatic carbocycles. The average molecular weight is 1230 g/mol. The van der Waals surface area contributed by atoms with Crippen molar-refractivity contribution < 1.29 is 31.8 Å². The van der Waals surface area contributed by atoms with E-state index in [1.165, 1.54) is 33.4 Å². The molecule has 4 aromatic carbocycles. The normalized spacial score (nSPS) is 16.4. The molecule has 4 aliphatic heterocycles. The first-order valence-corrected chi connectivity index (χ1v) is 28.6. The second-order valence-corrected chi connectivity index (χ2v) is 23.4. The molecular weight excluding hydrogens is 1170 g/mol. The van der Waals surface area contributed by atoms with E-state index in [4.69, 9.17) is 67.3 Å². The summed E-state index contributed by atoms with van der Waals surface area (Å²) in [7, 11) is 0. The molecule has 2 fully saturated rings. The van der Waals surface area contributed by atoms with Crippen molar-refractivity contribution in [1.82, 2.24) is 34.0 Å². The molecule has 436 valence electrons. The number of nitrogens with two attached hydrogens (primary N) is 2. The van der Waals surface area contributed by atoms with Crippen LogP contribution in [-0.2, 0) is 4.79 Å². The van der Waals surface area contributed by atoms with Crippen LogP contribution in [0.25, 0.3) is 55.4 Å². The number of hydrogen-bond donors (Lipinski definition) is 2. The largest absolute Gasteiger partial charge is 0.487 e. The van der Waals surface area contributed by atoms with E-state index in [2.05, 4.69) is 26.5 Å². The molecule has 84 heavy (non-hydrogen) atoms. The number of anilines is 4. The molecule has 24 heteroatoms. The fourth-order valence-electron chi connectivity index (χ4n) is 11.8. The summed E-state index contributed by atoms with van der Waals surface area (Å²) in [5.41, 5.74) is 13.8. The van der Waals surface area contributed by atoms with Gasteiger partial charge < -0.3 is 35.6 Å². The van der Waals surface area contributed by atoms with E-state index >= 15 is 17.6 Å². The van der Waals surface area contributed by atoms with Crippen molar-refractivity contribution in [3.63, 3.8) is 0 Å². The van der Waals surface area contributed by atoms with Crippen LogP contribution in [0.2, 0.25) is 20.1 Å². The van der Waals surface area contributed by atoms with Crippen molar-refractivity contribution in [2.24, 2.45) is 0 Å². The van der Waals surface area contributed by atoms with Gasteiger partial charge in [0, 0.05) is 60.8 Å². The van der Waals surface area contributed by atoms with Crippen LogP contribution in [0.15, 0.2) is 71.0 Å². The van der Waals surface area contributed by atoms with E-state index in [1.54, 1.807) is 29.4 Å². The van der Waals surface area contributed by atoms with Crippen molar-refractivity contribution in [2.75, 3.05) is 60.7 Å². The molecule has 8 heterocycles. The van der Waals surface area contributed by atoms with Gasteiger partial charge >= 0.3 is 11.4 Å². The summed E-state index contributed by atoms with van der Waals surface area (Å²) in [4.78, 5) is 64.1. The maximum atomic E-state index is 16.7. The lowest BCUT2D eigenvalue weighted by molar-refractivity contribution is -0.126. The number of nitrogens with zero attached hydrogens (tertiary/aromatic N) is 9. The Balaban J connectivity index is 0.000000176. The molecule has 0 saturated carbocycles. The van der Waals surface area contributed by atoms with Gasteiger partial charge in [0.1, 0.15) is 24.8 Å². The molecule has 2 atom stereocenters. The first kappa shape index (κ1) is 58.1. The number of carbonyl (C=O) groups excluding carboxylic acids is 1. The van der Waals surface area contributed by atoms with E-state index in [1.807, 2.05) is 51.3 Å². The highest BCUT2D eigenvalue weighted by Crippen LogP contribution is 2.50. The zero-order valence-electron chi connectivity index (χ0n) is 46.3. The van der Waals surface area contributed by atoms with Crippen molar-refractivity contribution in [3.05, 3.63) is 148 Å². The summed E-state index contributed by atoms with van der Waals surface area (Å²) in [5, 5.41) is -0.219. The number of amides is 1. The number of aryl methyl sites for hydroxylation is 2. The Kier molecular flexibility index (Phi) is 15.5. The number of piperazine rings is 1. The third kappa shape index (κ3) is 9.58. The lowest BCUT2D eigenvalue weighted by Gasteiger charge is -2.40. The van der Waals surface area contributed by atoms with Gasteiger partial charge in [-0.25, -0.2) is 27.2 Å². The van der Waals surface area contributed by atoms with Gasteiger partial charge in [0.25, 0.3) is 0 Å². The van der Waals surface area contributed by atoms with Gasteiger partial charge in [0.15, 0.2) is 34.8 Å². The Morgan fingerprint density at radius 1 is 0.655 bits per heavy atom. The third-order valence-electron chi connectivity index (χ3n) is 15.9. The van der Waals surface area contributed by atoms with Crippen LogP contribution in [0, 0.1) is 37.1 Å². The monoisotopic (exact) mass is 1230 g/mol. The van der Waals surface area contributed by atoms with E-state index in [9.17, 15) is 14.4 Å². The summed E-state index contributed by atoms with van der Waals surface area (Å²) in [5.74, 6) is -3.90. The van der Waals surface area contributed by atoms with Gasteiger partial charge in [-0.15, -0.1) is 0 Å². The zero-order valence-corrected chi connectivity index (χ0v) is 49.3. The number of aromatic nitrogens is 6. The number of pyridine rings is 2. The molecule has 1 amide bonds. The molecule has 0 radical (unpaired) electrons. The third-order valence-corrected chi connectivity index (χ3v) is 17.1. The maximum Gasteiger partial charge on any atom is 0.354 e. The van der Waals surface area contributed by atoms with Crippen molar-refractivity contribution >= 4 is 97.1 Å². The standard InChI is InChI=1S/C31H28Cl2F2N6O3.C29H27Cl2F2N5O2/c1-5-21(42)39-8-9-40-16(12-39)13-44-29-23-20(10-17(24(29)34)22-25(35)18(32)11-19(33)26(22)36)41(31(43)38-30(23)40)28-15(4)6-7-37-27(28)14(2)3;1-13(2)25-26(14(3)7-8-35-25)38-19-10-16(20-23(33)17(30)11-18(31)24(20)34)22(32)27-21(19)28(36-29(38)39)37-9-5-4-6-15(37)12-40-27/h5-7,10-11,14,16H,1,8-9,12-13,36H2,2-4H3;7-8,10-11,13,15H,4-6,9,12,34H2,1-3H3/t16-;15-/m11/s1. The highest BCUT2D eigenvalue weighted by molar-refractivity contribution is 6.38. The maximum absolute atomic E-state index is 16.7. The molecule has 8 aromatic rings. The predicted octanol–water partition coefficient (Wildman–Crippen LogP) is 12.4. The summed E-state index contributed by atoms with van der Waals surface area (Å²) in [6, 6.07) is 8.06. The summed E-state index contributed by atoms with van der Waals surface area (Å²) >= 11 is 24.7. The second-order valence-electron chi connectivity index (χ2n) is 21.7. The number of halogens is 8. The second kappa shape index (κ2) is 22.4. The molecular formula is C60H55Cl4F4N11O5. The molecule has 16 nitrogen and oxygen atoms in total. The topological polar surface area (TPSA) is 193 Å². The van der Waals surface area contributed by atoms with Crippen LogP contribution in [0.1, 0.15) is 81.3 Å². The molecule has 4 aromatic heterocycles. The SMILES string of the molecule is C=CC(=O)N1CCN2c3nc(=O)n(-c4c(C)ccnc4C(C)C)c4cc(-c5c(N)c(Cl)cc(Cl)c5F)c(F)c(c34)OC[C@H]2C1.Cc1ccnc(C(C)C)c1-n1c(=O)nc2c3c(c(F)c(-c4c(N)c(Cl)cc(Cl)c4F)cc31)OC[C@H]1CCCCN21. The van der Waals surface area contributed by atoms with Gasteiger partial charge in [0.05, 0.1) is 88.1 Å². The van der Waals surface area contributed by atoms with Gasteiger partial charge in [-0.1, -0.05) is 80.7 Å². The summed E-state index contributed by atoms with van der Waals surface area (Å²) in [6.07, 6.45) is 7.24. The number of nitrogen functional groups attached to an aromatic ring is 2. The zero-order chi connectivity index (χ0) is 60.1. The fraction of sp³-hybridized carbons (Fsp3) is 0.317. The molecule has 2 saturated heterocycles. The van der Waals surface area contributed by atoms with Crippen LogP contribution in [-0.4, -0.2) is 91.4 Å². The van der Waals surface area contributed by atoms with Crippen LogP contribution < -0.4 is 42.1 Å². The highest BCUT2D eigenvalue weighted by Gasteiger charge is 2.39. The van der Waals surface area contributed by atoms with Crippen LogP contribution in [0.4, 0.5) is 40.6 Å². The number of carbonyl (C=O) groups is 1. The lowest BCUT2D eigenvalue weighted by Crippen LogP contribution is -2.56. The van der Waals surface area contributed by atoms with Crippen LogP contribution in [0.3, 0.4) is 0 Å². The highest BCUT2D eigenvalue weighted by atomic mass is 35.5. The van der Waals surface area contributed by atoms with Crippen LogP contribution in [0.5, 0.6) is 11.5 Å². The van der Waals surface area contributed by atoms with E-state index in [0.29, 0.717) is 59.1 Å². The fourth-order valence-corrected chi connectivity index (χ4v) is 12.8. The molecule has 0 unspecified atom stereocenters. The lowest BCUT2D eigenvalue weighted by atomic mass is 9.98. The predicted molar refractivity (Wildman–Crippen MR) is 321 cm³/mol. The van der Waals surface area contributed by atoms with Gasteiger partial charge in [0.2, 0.25) is 5.91 Å². The van der Waals surface area contributed by atoms with Crippen molar-refractivity contribution in [2.45, 2.75) is 84.7 Å². The first-order chi connectivity index (χ1) is 40.0. The Labute approximate surface area is 499 Å². The Bertz CT molecular complexity index is 4190. The van der Waals surface area contributed by atoms with Crippen molar-refractivity contribution in [1.29, 1.82) is 0 Å². The minimum atomic E-state index is -0.979. The van der Waals surface area contributed by atoms with Crippen molar-refractivity contribution in [3.8, 4) is 45.1 Å². The summed E-state index contributed by atoms with van der Waals surface area (Å²) < 4.78 is 79.4. The van der Waals surface area contributed by atoms with E-state index in [0.717, 1.165) is 36.5 Å². The minimum Gasteiger partial charge on any atom is -0.487 e. The Hall–Kier alpha value is -7.65. The molecule has 0 spiro atoms. The smallest absolute Gasteiger partial charge is 0.354 e. The molecule has 12 rings (SSSR count). The van der Waals surface area contributed by atoms with Crippen LogP contribution >= 0.6 is 46.4 Å². The first-order valence-electron chi connectivity index (χ1n) is 27.1. The number of fused-ring (bicyclic) bond motifs is 4. The minimum absolute atomic E-state index is 0.0252. The molecule has 0 bridgehead atoms. The number of rotatable bonds is 7. The number of hydrogen-bond acceptors (Lipinski definition) is 13. The van der Waals surface area contributed by atoms with Gasteiger partial charge in [-0.2, -0.15) is 9.97 Å². The van der Waals surface area contributed by atoms with Gasteiger partial charge in [-0.3, -0.25) is 23.9 Å². The number of benzene rings is 4. The molecule has 4 aliphatic rings. The van der Waals surface area contributed by atoms with Gasteiger partial charge in [-0.05, 0) is 98.5 Å². The van der Waals surface area contributed by atoms with E-state index in [-0.39, 0.29) is 125 Å².